The Morgan fingerprint density at radius 1 is 1.08 bits per heavy atom. The van der Waals surface area contributed by atoms with Crippen LogP contribution in [-0.2, 0) is 27.2 Å². The first kappa shape index (κ1) is 28.1. The number of methoxy groups -OCH3 is 2. The Balaban J connectivity index is 1.52. The van der Waals surface area contributed by atoms with E-state index in [1.165, 1.54) is 18.3 Å². The fourth-order valence-corrected chi connectivity index (χ4v) is 4.14. The van der Waals surface area contributed by atoms with E-state index >= 15 is 0 Å². The van der Waals surface area contributed by atoms with Crippen LogP contribution in [-0.4, -0.2) is 108 Å². The van der Waals surface area contributed by atoms with Gasteiger partial charge in [0.2, 0.25) is 23.8 Å². The predicted octanol–water partition coefficient (Wildman–Crippen LogP) is 1.53. The second-order valence-corrected chi connectivity index (χ2v) is 9.07. The van der Waals surface area contributed by atoms with Crippen molar-refractivity contribution in [3.63, 3.8) is 0 Å². The number of nitrogens with one attached hydrogen (secondary N) is 2. The average molecular weight is 544 g/mol. The molecule has 3 heterocycles. The Kier molecular flexibility index (Phi) is 9.94. The largest absolute Gasteiger partial charge is 0.481 e. The normalized spacial score (nSPS) is 14.0. The molecule has 39 heavy (non-hydrogen) atoms. The van der Waals surface area contributed by atoms with Crippen molar-refractivity contribution in [3.8, 4) is 0 Å². The van der Waals surface area contributed by atoms with E-state index in [9.17, 15) is 9.18 Å². The molecule has 1 aliphatic heterocycles. The van der Waals surface area contributed by atoms with Crippen molar-refractivity contribution in [2.45, 2.75) is 13.0 Å². The number of aliphatic carboxylic acids is 1. The van der Waals surface area contributed by atoms with Crippen LogP contribution in [0.2, 0.25) is 0 Å². The summed E-state index contributed by atoms with van der Waals surface area (Å²) in [6, 6.07) is 6.58. The molecule has 1 aliphatic rings. The zero-order chi connectivity index (χ0) is 27.6. The second-order valence-electron chi connectivity index (χ2n) is 9.07. The smallest absolute Gasteiger partial charge is 0.309 e. The van der Waals surface area contributed by atoms with Crippen molar-refractivity contribution in [2.24, 2.45) is 0 Å². The molecule has 0 unspecified atom stereocenters. The van der Waals surface area contributed by atoms with Crippen LogP contribution in [0, 0.1) is 5.82 Å². The number of H-pyrrole nitrogens is 1. The Morgan fingerprint density at radius 3 is 2.41 bits per heavy atom. The Hall–Kier alpha value is -3.88. The van der Waals surface area contributed by atoms with Gasteiger partial charge < -0.3 is 29.4 Å². The summed E-state index contributed by atoms with van der Waals surface area (Å²) in [6.07, 6.45) is 1.29. The van der Waals surface area contributed by atoms with Gasteiger partial charge in [0.15, 0.2) is 0 Å². The fraction of sp³-hybridized carbons (Fsp3) is 0.480. The number of carboxylic acid groups (broad SMARTS) is 1. The number of imidazole rings is 1. The monoisotopic (exact) mass is 543 g/mol. The number of nitrogens with zero attached hydrogens (tertiary/aromatic N) is 7. The lowest BCUT2D eigenvalue weighted by molar-refractivity contribution is -0.136. The van der Waals surface area contributed by atoms with Crippen LogP contribution < -0.4 is 15.1 Å². The van der Waals surface area contributed by atoms with Gasteiger partial charge in [-0.3, -0.25) is 15.0 Å². The van der Waals surface area contributed by atoms with Crippen LogP contribution in [0.25, 0.3) is 0 Å². The quantitative estimate of drug-likeness (QED) is 0.271. The van der Waals surface area contributed by atoms with Gasteiger partial charge in [-0.05, 0) is 17.7 Å². The fourth-order valence-electron chi connectivity index (χ4n) is 4.14. The van der Waals surface area contributed by atoms with E-state index in [1.807, 2.05) is 17.0 Å². The number of ether oxygens (including phenoxy) is 2. The minimum absolute atomic E-state index is 0.174. The lowest BCUT2D eigenvalue weighted by Crippen LogP contribution is -2.46. The number of anilines is 4. The lowest BCUT2D eigenvalue weighted by Gasteiger charge is -2.35. The number of aromatic nitrogens is 5. The minimum atomic E-state index is -0.958. The third-order valence-corrected chi connectivity index (χ3v) is 6.20. The van der Waals surface area contributed by atoms with Crippen LogP contribution >= 0.6 is 0 Å². The van der Waals surface area contributed by atoms with E-state index in [-0.39, 0.29) is 18.2 Å². The third kappa shape index (κ3) is 8.30. The van der Waals surface area contributed by atoms with Gasteiger partial charge in [0.1, 0.15) is 5.82 Å². The maximum absolute atomic E-state index is 13.3. The summed E-state index contributed by atoms with van der Waals surface area (Å²) in [6.45, 7) is 5.77. The summed E-state index contributed by atoms with van der Waals surface area (Å²) in [7, 11) is 3.27. The van der Waals surface area contributed by atoms with Gasteiger partial charge in [-0.1, -0.05) is 12.1 Å². The van der Waals surface area contributed by atoms with Gasteiger partial charge in [0.25, 0.3) is 0 Å². The standard InChI is InChI=1S/C25H34FN9O4/c1-38-13-11-35(12-14-39-2)25-31-23(29-22-27-16-20(28-22)15-21(36)37)30-24(32-25)34-9-7-33(8-10-34)17-18-3-5-19(26)6-4-18/h3-6,16H,7-15,17H2,1-2H3,(H,36,37)(H2,27,28,29,30,31,32). The summed E-state index contributed by atoms with van der Waals surface area (Å²) in [5.74, 6) is 0.388. The van der Waals surface area contributed by atoms with E-state index in [2.05, 4.69) is 35.1 Å². The molecule has 0 atom stereocenters. The summed E-state index contributed by atoms with van der Waals surface area (Å²) in [5.41, 5.74) is 1.52. The van der Waals surface area contributed by atoms with Gasteiger partial charge >= 0.3 is 5.97 Å². The summed E-state index contributed by atoms with van der Waals surface area (Å²) in [4.78, 5) is 38.6. The van der Waals surface area contributed by atoms with Gasteiger partial charge in [0, 0.05) is 65.7 Å². The number of halogens is 1. The zero-order valence-electron chi connectivity index (χ0n) is 22.1. The molecule has 0 radical (unpaired) electrons. The van der Waals surface area contributed by atoms with Crippen molar-refractivity contribution < 1.29 is 23.8 Å². The zero-order valence-corrected chi connectivity index (χ0v) is 22.1. The summed E-state index contributed by atoms with van der Waals surface area (Å²) >= 11 is 0. The first-order valence-electron chi connectivity index (χ1n) is 12.7. The van der Waals surface area contributed by atoms with E-state index in [1.54, 1.807) is 14.2 Å². The maximum atomic E-state index is 13.3. The molecule has 210 valence electrons. The molecular formula is C25H34FN9O4. The molecule has 0 saturated carbocycles. The minimum Gasteiger partial charge on any atom is -0.481 e. The van der Waals surface area contributed by atoms with E-state index in [0.717, 1.165) is 25.2 Å². The SMILES string of the molecule is COCCN(CCOC)c1nc(Nc2ncc(CC(=O)O)[nH]2)nc(N2CCN(Cc3ccc(F)cc3)CC2)n1. The van der Waals surface area contributed by atoms with Crippen LogP contribution in [0.4, 0.5) is 28.2 Å². The molecule has 0 amide bonds. The molecule has 3 N–H and O–H groups in total. The number of carbonyl (C=O) groups is 1. The molecule has 0 aliphatic carbocycles. The number of benzene rings is 1. The average Bonchev–Trinajstić information content (AvgIpc) is 3.36. The van der Waals surface area contributed by atoms with Crippen LogP contribution in [0.15, 0.2) is 30.5 Å². The van der Waals surface area contributed by atoms with Gasteiger partial charge in [-0.2, -0.15) is 15.0 Å². The molecule has 3 aromatic rings. The number of piperazine rings is 1. The highest BCUT2D eigenvalue weighted by Crippen LogP contribution is 2.21. The van der Waals surface area contributed by atoms with Crippen molar-refractivity contribution in [2.75, 3.05) is 81.8 Å². The highest BCUT2D eigenvalue weighted by molar-refractivity contribution is 5.69. The van der Waals surface area contributed by atoms with Crippen molar-refractivity contribution >= 4 is 29.8 Å². The molecule has 1 saturated heterocycles. The molecule has 14 heteroatoms. The van der Waals surface area contributed by atoms with Crippen LogP contribution in [0.3, 0.4) is 0 Å². The molecule has 0 bridgehead atoms. The molecule has 4 rings (SSSR count). The number of aromatic amines is 1. The van der Waals surface area contributed by atoms with Crippen LogP contribution in [0.1, 0.15) is 11.3 Å². The Morgan fingerprint density at radius 2 is 1.77 bits per heavy atom. The molecule has 1 fully saturated rings. The second kappa shape index (κ2) is 13.8. The molecule has 0 spiro atoms. The van der Waals surface area contributed by atoms with E-state index in [4.69, 9.17) is 19.6 Å². The van der Waals surface area contributed by atoms with Crippen molar-refractivity contribution in [1.29, 1.82) is 0 Å². The highest BCUT2D eigenvalue weighted by Gasteiger charge is 2.22. The van der Waals surface area contributed by atoms with Crippen molar-refractivity contribution in [3.05, 3.63) is 47.5 Å². The van der Waals surface area contributed by atoms with Gasteiger partial charge in [-0.15, -0.1) is 0 Å². The Bertz CT molecular complexity index is 1190. The van der Waals surface area contributed by atoms with E-state index < -0.39 is 5.97 Å². The molecule has 2 aromatic heterocycles. The first-order valence-corrected chi connectivity index (χ1v) is 12.7. The summed E-state index contributed by atoms with van der Waals surface area (Å²) in [5, 5.41) is 12.1. The van der Waals surface area contributed by atoms with E-state index in [0.29, 0.717) is 62.9 Å². The third-order valence-electron chi connectivity index (χ3n) is 6.20. The van der Waals surface area contributed by atoms with Crippen LogP contribution in [0.5, 0.6) is 0 Å². The number of hydrogen-bond acceptors (Lipinski definition) is 11. The van der Waals surface area contributed by atoms with Gasteiger partial charge in [-0.25, -0.2) is 9.37 Å². The predicted molar refractivity (Wildman–Crippen MR) is 143 cm³/mol. The van der Waals surface area contributed by atoms with Gasteiger partial charge in [0.05, 0.1) is 25.8 Å². The number of hydrogen-bond donors (Lipinski definition) is 3. The summed E-state index contributed by atoms with van der Waals surface area (Å²) < 4.78 is 23.8. The maximum Gasteiger partial charge on any atom is 0.309 e. The topological polar surface area (TPSA) is 145 Å². The Labute approximate surface area is 226 Å². The van der Waals surface area contributed by atoms with Crippen molar-refractivity contribution in [1.82, 2.24) is 29.8 Å². The lowest BCUT2D eigenvalue weighted by atomic mass is 10.2. The molecule has 1 aromatic carbocycles. The first-order chi connectivity index (χ1) is 18.9. The number of carboxylic acids is 1. The molecular weight excluding hydrogens is 509 g/mol. The molecule has 13 nitrogen and oxygen atoms in total. The number of rotatable bonds is 14. The highest BCUT2D eigenvalue weighted by atomic mass is 19.1.